The summed E-state index contributed by atoms with van der Waals surface area (Å²) in [6.07, 6.45) is -11.3. The molecule has 0 N–H and O–H groups in total. The Morgan fingerprint density at radius 3 is 1.18 bits per heavy atom. The molecule has 5 aromatic carbocycles. The Hall–Kier alpha value is -5.44. The van der Waals surface area contributed by atoms with Crippen LogP contribution < -0.4 is 0 Å². The van der Waals surface area contributed by atoms with Gasteiger partial charge in [0.2, 0.25) is 0 Å². The predicted octanol–water partition coefficient (Wildman–Crippen LogP) is 12.9. The third-order valence-electron chi connectivity index (χ3n) is 20.3. The highest BCUT2D eigenvalue weighted by atomic mass is 16.8. The van der Waals surface area contributed by atoms with Crippen molar-refractivity contribution >= 4 is 11.9 Å². The van der Waals surface area contributed by atoms with Gasteiger partial charge in [0, 0.05) is 17.8 Å². The van der Waals surface area contributed by atoms with Gasteiger partial charge >= 0.3 is 11.9 Å². The van der Waals surface area contributed by atoms with Crippen molar-refractivity contribution in [1.29, 1.82) is 0 Å². The quantitative estimate of drug-likeness (QED) is 0.0536. The van der Waals surface area contributed by atoms with Crippen LogP contribution in [0.3, 0.4) is 0 Å². The van der Waals surface area contributed by atoms with Gasteiger partial charge in [-0.05, 0) is 84.1 Å². The molecule has 0 aromatic heterocycles. The van der Waals surface area contributed by atoms with Gasteiger partial charge in [-0.15, -0.1) is 0 Å². The van der Waals surface area contributed by atoms with Crippen molar-refractivity contribution in [3.8, 4) is 0 Å². The van der Waals surface area contributed by atoms with E-state index >= 15 is 0 Å². The van der Waals surface area contributed by atoms with Gasteiger partial charge in [0.15, 0.2) is 37.4 Å². The van der Waals surface area contributed by atoms with Crippen molar-refractivity contribution in [2.24, 2.45) is 53.3 Å². The second-order valence-corrected chi connectivity index (χ2v) is 26.5. The van der Waals surface area contributed by atoms with Gasteiger partial charge in [0.05, 0.1) is 63.1 Å². The number of carbonyl (C=O) groups excluding carboxylic acids is 2. The lowest BCUT2D eigenvalue weighted by Crippen LogP contribution is -2.62. The molecule has 25 atom stereocenters. The minimum Gasteiger partial charge on any atom is -0.459 e. The lowest BCUT2D eigenvalue weighted by atomic mass is 9.82. The molecule has 16 heteroatoms. The summed E-state index contributed by atoms with van der Waals surface area (Å²) in [5, 5.41) is 0. The molecule has 5 saturated heterocycles. The van der Waals surface area contributed by atoms with Crippen molar-refractivity contribution in [2.45, 2.75) is 215 Å². The molecule has 0 amide bonds. The van der Waals surface area contributed by atoms with E-state index in [2.05, 4.69) is 55.4 Å². The third kappa shape index (κ3) is 16.9. The highest BCUT2D eigenvalue weighted by molar-refractivity contribution is 5.76. The van der Waals surface area contributed by atoms with Crippen LogP contribution in [0.25, 0.3) is 0 Å². The number of rotatable bonds is 24. The van der Waals surface area contributed by atoms with E-state index in [0.717, 1.165) is 27.8 Å². The first kappa shape index (κ1) is 68.4. The topological polar surface area (TPSA) is 163 Å². The van der Waals surface area contributed by atoms with E-state index in [9.17, 15) is 9.59 Å². The second kappa shape index (κ2) is 32.1. The highest BCUT2D eigenvalue weighted by Gasteiger charge is 2.55. The number of ether oxygens (including phenoxy) is 14. The van der Waals surface area contributed by atoms with E-state index < -0.39 is 104 Å². The zero-order chi connectivity index (χ0) is 64.3. The highest BCUT2D eigenvalue weighted by Crippen LogP contribution is 2.45. The molecule has 10 unspecified atom stereocenters. The van der Waals surface area contributed by atoms with Crippen LogP contribution in [0.5, 0.6) is 0 Å². The molecule has 0 bridgehead atoms. The smallest absolute Gasteiger partial charge is 0.338 e. The molecule has 0 saturated carbocycles. The summed E-state index contributed by atoms with van der Waals surface area (Å²) in [5.41, 5.74) is 4.76. The molecule has 5 fully saturated rings. The average molecular weight is 1260 g/mol. The molecule has 0 aliphatic carbocycles. The SMILES string of the molecule is CC1C(O[C@@H]2OC(COCc3ccccc3)[C@H](C)[C@H](O[C@@H]3OC(C(=O)OCc4ccccc4)[C@H](C)[C@H](C)C3OCc3ccccc3)C2C)[C@H](OC2C(C)[C@@H](C)[C@H](C)O[C@H]2O[C@H]2C(C(=O)OCc3ccccc3)O[C@@H](C)C(OCc3ccccc3)[C@H]2C)O[C@@H](C)[C@@H]1C. The summed E-state index contributed by atoms with van der Waals surface area (Å²) in [6, 6.07) is 49.3. The summed E-state index contributed by atoms with van der Waals surface area (Å²) in [7, 11) is 0. The minimum absolute atomic E-state index is 0.0199. The molecule has 5 aliphatic heterocycles. The molecule has 16 nitrogen and oxygen atoms in total. The number of hydrogen-bond acceptors (Lipinski definition) is 16. The fourth-order valence-electron chi connectivity index (χ4n) is 13.6. The fourth-order valence-corrected chi connectivity index (χ4v) is 13.6. The lowest BCUT2D eigenvalue weighted by molar-refractivity contribution is -0.384. The Balaban J connectivity index is 0.931. The van der Waals surface area contributed by atoms with Crippen molar-refractivity contribution in [2.75, 3.05) is 6.61 Å². The molecule has 494 valence electrons. The van der Waals surface area contributed by atoms with E-state index in [1.165, 1.54) is 0 Å². The van der Waals surface area contributed by atoms with Crippen molar-refractivity contribution in [3.63, 3.8) is 0 Å². The van der Waals surface area contributed by atoms with E-state index in [-0.39, 0.29) is 79.4 Å². The molecule has 0 spiro atoms. The zero-order valence-corrected chi connectivity index (χ0v) is 55.1. The van der Waals surface area contributed by atoms with Crippen LogP contribution in [0.1, 0.15) is 111 Å². The van der Waals surface area contributed by atoms with Crippen LogP contribution in [0, 0.1) is 53.3 Å². The van der Waals surface area contributed by atoms with E-state index in [1.807, 2.05) is 179 Å². The van der Waals surface area contributed by atoms with Crippen LogP contribution >= 0.6 is 0 Å². The predicted molar refractivity (Wildman–Crippen MR) is 341 cm³/mol. The Morgan fingerprint density at radius 1 is 0.308 bits per heavy atom. The molecule has 0 radical (unpaired) electrons. The largest absolute Gasteiger partial charge is 0.459 e. The maximum Gasteiger partial charge on any atom is 0.338 e. The molecular formula is C75H98O16. The van der Waals surface area contributed by atoms with E-state index in [1.54, 1.807) is 0 Å². The summed E-state index contributed by atoms with van der Waals surface area (Å²) >= 11 is 0. The monoisotopic (exact) mass is 1250 g/mol. The number of hydrogen-bond donors (Lipinski definition) is 0. The van der Waals surface area contributed by atoms with Crippen LogP contribution in [-0.4, -0.2) is 117 Å². The third-order valence-corrected chi connectivity index (χ3v) is 20.3. The Bertz CT molecular complexity index is 2980. The molecule has 91 heavy (non-hydrogen) atoms. The van der Waals surface area contributed by atoms with Gasteiger partial charge < -0.3 is 66.3 Å². The van der Waals surface area contributed by atoms with E-state index in [4.69, 9.17) is 66.3 Å². The second-order valence-electron chi connectivity index (χ2n) is 26.5. The summed E-state index contributed by atoms with van der Waals surface area (Å²) in [5.74, 6) is -2.78. The van der Waals surface area contributed by atoms with Crippen LogP contribution in [0.15, 0.2) is 152 Å². The number of carbonyl (C=O) groups is 2. The number of esters is 2. The van der Waals surface area contributed by atoms with Gasteiger partial charge in [-0.3, -0.25) is 0 Å². The van der Waals surface area contributed by atoms with Crippen LogP contribution in [0.4, 0.5) is 0 Å². The zero-order valence-electron chi connectivity index (χ0n) is 55.1. The number of benzene rings is 5. The van der Waals surface area contributed by atoms with Crippen molar-refractivity contribution < 1.29 is 75.9 Å². The van der Waals surface area contributed by atoms with Crippen LogP contribution in [-0.2, 0) is 109 Å². The first-order valence-corrected chi connectivity index (χ1v) is 33.2. The molecule has 10 rings (SSSR count). The summed E-state index contributed by atoms with van der Waals surface area (Å²) < 4.78 is 96.0. The first-order chi connectivity index (χ1) is 43.9. The standard InChI is InChI=1S/C75H98O16/c1-44-46(3)67(75(85-54(44)11)91-68-47(4)45(2)53(10)84-74(68)88-64-51(8)63(79-39-57-30-20-14-21-31-57)55(12)83-69(64)71(77)82-42-60-36-26-17-27-37-60)90-72-52(9)62(50(7)61(86-72)43-78-38-56-28-18-13-19-29-56)87-73-66(80-40-58-32-22-15-23-33-58)49(6)48(5)65(89-73)70(76)81-41-59-34-24-16-25-35-59/h13-37,44-55,61-69,72-75H,38-43H2,1-12H3/t44-,45-,46?,47?,48-,49+,50+,51-,52?,53+,54+,55+,61?,62+,63?,64-,65?,66?,67?,68?,69?,72+,73-,74+,75+/m1/s1. The van der Waals surface area contributed by atoms with Crippen molar-refractivity contribution in [3.05, 3.63) is 179 Å². The molecule has 5 aliphatic rings. The molecular weight excluding hydrogens is 1160 g/mol. The maximum absolute atomic E-state index is 14.4. The summed E-state index contributed by atoms with van der Waals surface area (Å²) in [6.45, 7) is 26.4. The lowest BCUT2D eigenvalue weighted by Gasteiger charge is -2.52. The maximum atomic E-state index is 14.4. The summed E-state index contributed by atoms with van der Waals surface area (Å²) in [4.78, 5) is 28.7. The Labute approximate surface area is 539 Å². The minimum atomic E-state index is -1.12. The fraction of sp³-hybridized carbons (Fsp3) is 0.573. The van der Waals surface area contributed by atoms with Gasteiger partial charge in [0.25, 0.3) is 0 Å². The average Bonchev–Trinajstić information content (AvgIpc) is 0.936. The van der Waals surface area contributed by atoms with Gasteiger partial charge in [-0.1, -0.05) is 214 Å². The normalized spacial score (nSPS) is 36.9. The Morgan fingerprint density at radius 2 is 0.692 bits per heavy atom. The Kier molecular flexibility index (Phi) is 24.2. The van der Waals surface area contributed by atoms with E-state index in [0.29, 0.717) is 19.8 Å². The van der Waals surface area contributed by atoms with Gasteiger partial charge in [0.1, 0.15) is 37.6 Å². The van der Waals surface area contributed by atoms with Gasteiger partial charge in [-0.2, -0.15) is 0 Å². The first-order valence-electron chi connectivity index (χ1n) is 33.2. The van der Waals surface area contributed by atoms with Crippen molar-refractivity contribution in [1.82, 2.24) is 0 Å². The molecule has 5 aromatic rings. The van der Waals surface area contributed by atoms with Crippen LogP contribution in [0.2, 0.25) is 0 Å². The van der Waals surface area contributed by atoms with Gasteiger partial charge in [-0.25, -0.2) is 9.59 Å². The molecule has 5 heterocycles.